The number of likely N-dealkylation sites (tertiary alicyclic amines) is 1. The van der Waals surface area contributed by atoms with Gasteiger partial charge in [-0.15, -0.1) is 0 Å². The maximum atomic E-state index is 13.1. The Bertz CT molecular complexity index is 915. The van der Waals surface area contributed by atoms with E-state index >= 15 is 0 Å². The van der Waals surface area contributed by atoms with Gasteiger partial charge < -0.3 is 19.3 Å². The molecule has 2 fully saturated rings. The second-order valence-corrected chi connectivity index (χ2v) is 8.41. The first kappa shape index (κ1) is 21.4. The number of hydrogen-bond donors (Lipinski definition) is 0. The number of morpholine rings is 1. The van der Waals surface area contributed by atoms with Crippen LogP contribution in [-0.2, 0) is 4.74 Å². The molecule has 2 aliphatic rings. The number of nitrogens with zero attached hydrogens (tertiary/aromatic N) is 2. The zero-order chi connectivity index (χ0) is 21.8. The Labute approximate surface area is 183 Å². The molecule has 0 spiro atoms. The zero-order valence-electron chi connectivity index (χ0n) is 18.3. The highest BCUT2D eigenvalue weighted by Gasteiger charge is 2.30. The molecule has 0 bridgehead atoms. The molecule has 0 aromatic heterocycles. The molecule has 164 valence electrons. The first-order chi connectivity index (χ1) is 15.0. The first-order valence-corrected chi connectivity index (χ1v) is 11.0. The number of aryl methyl sites for hydroxylation is 2. The topological polar surface area (TPSA) is 59.1 Å². The second kappa shape index (κ2) is 9.52. The van der Waals surface area contributed by atoms with Crippen LogP contribution in [0.4, 0.5) is 0 Å². The number of hydrogen-bond acceptors (Lipinski definition) is 4. The molecule has 2 amide bonds. The molecule has 2 aromatic rings. The third-order valence-electron chi connectivity index (χ3n) is 5.95. The van der Waals surface area contributed by atoms with Crippen LogP contribution < -0.4 is 4.74 Å². The van der Waals surface area contributed by atoms with E-state index in [4.69, 9.17) is 9.47 Å². The quantitative estimate of drug-likeness (QED) is 0.741. The fourth-order valence-electron chi connectivity index (χ4n) is 4.38. The van der Waals surface area contributed by atoms with E-state index in [1.165, 1.54) is 0 Å². The second-order valence-electron chi connectivity index (χ2n) is 8.41. The van der Waals surface area contributed by atoms with Crippen LogP contribution in [0, 0.1) is 13.8 Å². The number of carbonyl (C=O) groups is 2. The summed E-state index contributed by atoms with van der Waals surface area (Å²) in [5.74, 6) is 0.810. The minimum Gasteiger partial charge on any atom is -0.491 e. The summed E-state index contributed by atoms with van der Waals surface area (Å²) >= 11 is 0. The SMILES string of the molecule is Cc1cc(C)cc(C(=O)N2CCC[C@@H]2COc2ccc(C(=O)N3CCOCC3)cc2)c1. The molecule has 2 heterocycles. The van der Waals surface area contributed by atoms with E-state index in [9.17, 15) is 9.59 Å². The number of rotatable bonds is 5. The average molecular weight is 423 g/mol. The van der Waals surface area contributed by atoms with Crippen molar-refractivity contribution in [3.8, 4) is 5.75 Å². The number of benzene rings is 2. The number of carbonyl (C=O) groups excluding carboxylic acids is 2. The van der Waals surface area contributed by atoms with Crippen molar-refractivity contribution in [2.24, 2.45) is 0 Å². The molecule has 0 radical (unpaired) electrons. The molecule has 2 saturated heterocycles. The highest BCUT2D eigenvalue weighted by Crippen LogP contribution is 2.23. The minimum atomic E-state index is 0.0239. The van der Waals surface area contributed by atoms with Crippen molar-refractivity contribution in [2.45, 2.75) is 32.7 Å². The summed E-state index contributed by atoms with van der Waals surface area (Å²) < 4.78 is 11.3. The Morgan fingerprint density at radius 2 is 1.61 bits per heavy atom. The molecule has 0 unspecified atom stereocenters. The fraction of sp³-hybridized carbons (Fsp3) is 0.440. The van der Waals surface area contributed by atoms with Crippen LogP contribution in [0.1, 0.15) is 44.7 Å². The third-order valence-corrected chi connectivity index (χ3v) is 5.95. The van der Waals surface area contributed by atoms with Gasteiger partial charge in [-0.05, 0) is 63.1 Å². The van der Waals surface area contributed by atoms with Crippen LogP contribution in [0.5, 0.6) is 5.75 Å². The molecular formula is C25H30N2O4. The summed E-state index contributed by atoms with van der Waals surface area (Å²) in [5, 5.41) is 0. The molecule has 31 heavy (non-hydrogen) atoms. The maximum absolute atomic E-state index is 13.1. The molecule has 0 saturated carbocycles. The van der Waals surface area contributed by atoms with Crippen LogP contribution in [0.2, 0.25) is 0 Å². The van der Waals surface area contributed by atoms with Gasteiger partial charge >= 0.3 is 0 Å². The van der Waals surface area contributed by atoms with E-state index in [1.54, 1.807) is 12.1 Å². The Balaban J connectivity index is 1.35. The summed E-state index contributed by atoms with van der Waals surface area (Å²) in [7, 11) is 0. The lowest BCUT2D eigenvalue weighted by Gasteiger charge is -2.27. The van der Waals surface area contributed by atoms with E-state index in [0.717, 1.165) is 36.1 Å². The summed E-state index contributed by atoms with van der Waals surface area (Å²) in [5.41, 5.74) is 3.60. The fourth-order valence-corrected chi connectivity index (χ4v) is 4.38. The molecule has 2 aromatic carbocycles. The first-order valence-electron chi connectivity index (χ1n) is 11.0. The molecule has 0 aliphatic carbocycles. The largest absolute Gasteiger partial charge is 0.491 e. The van der Waals surface area contributed by atoms with E-state index in [2.05, 4.69) is 6.07 Å². The molecule has 0 N–H and O–H groups in total. The van der Waals surface area contributed by atoms with Crippen LogP contribution in [0.3, 0.4) is 0 Å². The van der Waals surface area contributed by atoms with Gasteiger partial charge in [-0.3, -0.25) is 9.59 Å². The monoisotopic (exact) mass is 422 g/mol. The average Bonchev–Trinajstić information content (AvgIpc) is 3.25. The minimum absolute atomic E-state index is 0.0239. The Morgan fingerprint density at radius 1 is 0.935 bits per heavy atom. The molecule has 4 rings (SSSR count). The molecule has 2 aliphatic heterocycles. The van der Waals surface area contributed by atoms with E-state index in [1.807, 2.05) is 47.9 Å². The molecule has 6 heteroatoms. The third kappa shape index (κ3) is 5.07. The zero-order valence-corrected chi connectivity index (χ0v) is 18.3. The lowest BCUT2D eigenvalue weighted by Crippen LogP contribution is -2.40. The number of amides is 2. The van der Waals surface area contributed by atoms with Crippen LogP contribution >= 0.6 is 0 Å². The summed E-state index contributed by atoms with van der Waals surface area (Å²) in [6.07, 6.45) is 1.92. The van der Waals surface area contributed by atoms with Crippen molar-refractivity contribution in [3.05, 3.63) is 64.7 Å². The predicted molar refractivity (Wildman–Crippen MR) is 119 cm³/mol. The van der Waals surface area contributed by atoms with Gasteiger partial charge in [0.2, 0.25) is 0 Å². The summed E-state index contributed by atoms with van der Waals surface area (Å²) in [6.45, 7) is 7.67. The lowest BCUT2D eigenvalue weighted by atomic mass is 10.1. The standard InChI is InChI=1S/C25H30N2O4/c1-18-14-19(2)16-21(15-18)25(29)27-9-3-4-22(27)17-31-23-7-5-20(6-8-23)24(28)26-10-12-30-13-11-26/h5-8,14-16,22H,3-4,9-13,17H2,1-2H3/t22-/m1/s1. The van der Waals surface area contributed by atoms with Crippen molar-refractivity contribution in [1.29, 1.82) is 0 Å². The van der Waals surface area contributed by atoms with Gasteiger partial charge in [0.25, 0.3) is 11.8 Å². The van der Waals surface area contributed by atoms with Gasteiger partial charge in [0.1, 0.15) is 12.4 Å². The van der Waals surface area contributed by atoms with Gasteiger partial charge in [0.05, 0.1) is 19.3 Å². The van der Waals surface area contributed by atoms with Crippen molar-refractivity contribution < 1.29 is 19.1 Å². The van der Waals surface area contributed by atoms with Crippen LogP contribution in [-0.4, -0.2) is 67.1 Å². The van der Waals surface area contributed by atoms with Crippen molar-refractivity contribution >= 4 is 11.8 Å². The van der Waals surface area contributed by atoms with Gasteiger partial charge in [-0.1, -0.05) is 17.2 Å². The van der Waals surface area contributed by atoms with Gasteiger partial charge in [-0.2, -0.15) is 0 Å². The summed E-state index contributed by atoms with van der Waals surface area (Å²) in [4.78, 5) is 29.4. The lowest BCUT2D eigenvalue weighted by molar-refractivity contribution is 0.0303. The van der Waals surface area contributed by atoms with Crippen LogP contribution in [0.25, 0.3) is 0 Å². The Hall–Kier alpha value is -2.86. The van der Waals surface area contributed by atoms with E-state index < -0.39 is 0 Å². The van der Waals surface area contributed by atoms with Crippen molar-refractivity contribution in [3.63, 3.8) is 0 Å². The smallest absolute Gasteiger partial charge is 0.254 e. The Kier molecular flexibility index (Phi) is 6.56. The Morgan fingerprint density at radius 3 is 2.29 bits per heavy atom. The number of ether oxygens (including phenoxy) is 2. The van der Waals surface area contributed by atoms with E-state index in [0.29, 0.717) is 44.2 Å². The predicted octanol–water partition coefficient (Wildman–Crippen LogP) is 3.46. The van der Waals surface area contributed by atoms with Gasteiger partial charge in [0, 0.05) is 30.8 Å². The summed E-state index contributed by atoms with van der Waals surface area (Å²) in [6, 6.07) is 13.3. The van der Waals surface area contributed by atoms with E-state index in [-0.39, 0.29) is 17.9 Å². The normalized spacial score (nSPS) is 18.8. The van der Waals surface area contributed by atoms with Crippen LogP contribution in [0.15, 0.2) is 42.5 Å². The molecule has 1 atom stereocenters. The maximum Gasteiger partial charge on any atom is 0.254 e. The molecule has 6 nitrogen and oxygen atoms in total. The molecular weight excluding hydrogens is 392 g/mol. The highest BCUT2D eigenvalue weighted by molar-refractivity contribution is 5.95. The van der Waals surface area contributed by atoms with Crippen molar-refractivity contribution in [1.82, 2.24) is 9.80 Å². The van der Waals surface area contributed by atoms with Gasteiger partial charge in [0.15, 0.2) is 0 Å². The highest BCUT2D eigenvalue weighted by atomic mass is 16.5. The van der Waals surface area contributed by atoms with Crippen molar-refractivity contribution in [2.75, 3.05) is 39.5 Å². The van der Waals surface area contributed by atoms with Gasteiger partial charge in [-0.25, -0.2) is 0 Å².